The molecular weight excluding hydrogens is 301 g/mol. The Balaban J connectivity index is 2.28. The summed E-state index contributed by atoms with van der Waals surface area (Å²) in [7, 11) is 0. The number of carboxylic acids is 1. The van der Waals surface area contributed by atoms with Crippen LogP contribution in [-0.2, 0) is 9.53 Å². The fourth-order valence-electron chi connectivity index (χ4n) is 2.43. The van der Waals surface area contributed by atoms with E-state index in [9.17, 15) is 14.0 Å². The van der Waals surface area contributed by atoms with E-state index >= 15 is 0 Å². The monoisotopic (exact) mass is 315 g/mol. The van der Waals surface area contributed by atoms with Crippen molar-refractivity contribution in [1.82, 2.24) is 4.90 Å². The molecule has 7 heteroatoms. The molecule has 1 aliphatic rings. The van der Waals surface area contributed by atoms with Crippen molar-refractivity contribution in [3.05, 3.63) is 34.6 Å². The smallest absolute Gasteiger partial charge is 0.311 e. The van der Waals surface area contributed by atoms with Crippen LogP contribution in [0.15, 0.2) is 18.2 Å². The molecule has 0 aliphatic carbocycles. The molecule has 21 heavy (non-hydrogen) atoms. The summed E-state index contributed by atoms with van der Waals surface area (Å²) >= 11 is 5.66. The highest BCUT2D eigenvalue weighted by molar-refractivity contribution is 6.30. The first-order chi connectivity index (χ1) is 9.95. The SMILES string of the molecule is CCN(C(=O)c1ccc(Cl)cc1F)C1COCC1C(=O)O. The minimum atomic E-state index is -1.03. The van der Waals surface area contributed by atoms with E-state index in [2.05, 4.69) is 0 Å². The number of hydrogen-bond donors (Lipinski definition) is 1. The average molecular weight is 316 g/mol. The molecule has 1 saturated heterocycles. The number of benzene rings is 1. The lowest BCUT2D eigenvalue weighted by Gasteiger charge is -2.29. The van der Waals surface area contributed by atoms with E-state index in [0.717, 1.165) is 6.07 Å². The van der Waals surface area contributed by atoms with Gasteiger partial charge in [-0.1, -0.05) is 11.6 Å². The molecule has 1 N–H and O–H groups in total. The maximum Gasteiger partial charge on any atom is 0.311 e. The van der Waals surface area contributed by atoms with Crippen LogP contribution in [0.3, 0.4) is 0 Å². The average Bonchev–Trinajstić information content (AvgIpc) is 2.88. The molecule has 2 rings (SSSR count). The van der Waals surface area contributed by atoms with E-state index in [0.29, 0.717) is 0 Å². The molecule has 1 heterocycles. The lowest BCUT2D eigenvalue weighted by atomic mass is 10.0. The van der Waals surface area contributed by atoms with Gasteiger partial charge in [0.05, 0.1) is 24.8 Å². The zero-order chi connectivity index (χ0) is 15.6. The van der Waals surface area contributed by atoms with Crippen LogP contribution in [0.25, 0.3) is 0 Å². The molecule has 0 radical (unpaired) electrons. The summed E-state index contributed by atoms with van der Waals surface area (Å²) in [6, 6.07) is 3.18. The van der Waals surface area contributed by atoms with Crippen LogP contribution in [0.5, 0.6) is 0 Å². The summed E-state index contributed by atoms with van der Waals surface area (Å²) in [6.45, 7) is 2.15. The van der Waals surface area contributed by atoms with E-state index < -0.39 is 29.7 Å². The Hall–Kier alpha value is -1.66. The molecular formula is C14H15ClFNO4. The summed E-state index contributed by atoms with van der Waals surface area (Å²) in [5.41, 5.74) is -0.128. The van der Waals surface area contributed by atoms with E-state index in [4.69, 9.17) is 21.4 Å². The Kier molecular flexibility index (Phi) is 4.80. The van der Waals surface area contributed by atoms with Crippen molar-refractivity contribution in [2.45, 2.75) is 13.0 Å². The van der Waals surface area contributed by atoms with Crippen molar-refractivity contribution < 1.29 is 23.8 Å². The van der Waals surface area contributed by atoms with E-state index in [1.54, 1.807) is 6.92 Å². The van der Waals surface area contributed by atoms with Gasteiger partial charge in [-0.05, 0) is 25.1 Å². The van der Waals surface area contributed by atoms with E-state index in [1.165, 1.54) is 17.0 Å². The number of hydrogen-bond acceptors (Lipinski definition) is 3. The number of rotatable bonds is 4. The Bertz CT molecular complexity index is 566. The third kappa shape index (κ3) is 3.16. The summed E-state index contributed by atoms with van der Waals surface area (Å²) in [5, 5.41) is 9.36. The minimum absolute atomic E-state index is 0.0485. The van der Waals surface area contributed by atoms with Crippen molar-refractivity contribution >= 4 is 23.5 Å². The first-order valence-electron chi connectivity index (χ1n) is 6.52. The molecule has 1 aromatic rings. The first-order valence-corrected chi connectivity index (χ1v) is 6.90. The standard InChI is InChI=1S/C14H15ClFNO4/c1-2-17(12-7-21-6-10(12)14(19)20)13(18)9-4-3-8(15)5-11(9)16/h3-5,10,12H,2,6-7H2,1H3,(H,19,20). The molecule has 1 aromatic carbocycles. The highest BCUT2D eigenvalue weighted by Gasteiger charge is 2.40. The predicted octanol–water partition coefficient (Wildman–Crippen LogP) is 2.04. The number of likely N-dealkylation sites (N-methyl/N-ethyl adjacent to an activating group) is 1. The quantitative estimate of drug-likeness (QED) is 0.923. The molecule has 2 atom stereocenters. The topological polar surface area (TPSA) is 66.8 Å². The van der Waals surface area contributed by atoms with Gasteiger partial charge in [-0.25, -0.2) is 4.39 Å². The normalized spacial score (nSPS) is 21.3. The van der Waals surface area contributed by atoms with Crippen molar-refractivity contribution in [1.29, 1.82) is 0 Å². The van der Waals surface area contributed by atoms with Crippen LogP contribution < -0.4 is 0 Å². The van der Waals surface area contributed by atoms with Crippen molar-refractivity contribution in [3.63, 3.8) is 0 Å². The van der Waals surface area contributed by atoms with Crippen molar-refractivity contribution in [2.24, 2.45) is 5.92 Å². The molecule has 0 aromatic heterocycles. The number of amides is 1. The Labute approximate surface area is 126 Å². The van der Waals surface area contributed by atoms with Gasteiger partial charge in [-0.15, -0.1) is 0 Å². The number of carbonyl (C=O) groups is 2. The molecule has 0 spiro atoms. The number of carbonyl (C=O) groups excluding carboxylic acids is 1. The van der Waals surface area contributed by atoms with Crippen LogP contribution in [0.4, 0.5) is 4.39 Å². The highest BCUT2D eigenvalue weighted by Crippen LogP contribution is 2.23. The Morgan fingerprint density at radius 2 is 2.19 bits per heavy atom. The molecule has 0 bridgehead atoms. The molecule has 0 saturated carbocycles. The predicted molar refractivity (Wildman–Crippen MR) is 73.9 cm³/mol. The summed E-state index contributed by atoms with van der Waals surface area (Å²) in [4.78, 5) is 25.0. The van der Waals surface area contributed by atoms with Gasteiger partial charge < -0.3 is 14.7 Å². The number of halogens is 2. The third-order valence-corrected chi connectivity index (χ3v) is 3.77. The lowest BCUT2D eigenvalue weighted by molar-refractivity contribution is -0.142. The highest BCUT2D eigenvalue weighted by atomic mass is 35.5. The van der Waals surface area contributed by atoms with Gasteiger partial charge in [0.2, 0.25) is 0 Å². The van der Waals surface area contributed by atoms with Gasteiger partial charge >= 0.3 is 5.97 Å². The van der Waals surface area contributed by atoms with Crippen LogP contribution >= 0.6 is 11.6 Å². The van der Waals surface area contributed by atoms with Gasteiger partial charge in [-0.3, -0.25) is 9.59 Å². The molecule has 2 unspecified atom stereocenters. The van der Waals surface area contributed by atoms with E-state index in [-0.39, 0.29) is 30.3 Å². The maximum atomic E-state index is 13.9. The maximum absolute atomic E-state index is 13.9. The van der Waals surface area contributed by atoms with Gasteiger partial charge in [-0.2, -0.15) is 0 Å². The molecule has 114 valence electrons. The van der Waals surface area contributed by atoms with Crippen LogP contribution in [0.1, 0.15) is 17.3 Å². The van der Waals surface area contributed by atoms with Gasteiger partial charge in [0, 0.05) is 11.6 Å². The fourth-order valence-corrected chi connectivity index (χ4v) is 2.59. The third-order valence-electron chi connectivity index (χ3n) is 3.53. The largest absolute Gasteiger partial charge is 0.481 e. The number of carboxylic acid groups (broad SMARTS) is 1. The second-order valence-electron chi connectivity index (χ2n) is 4.76. The lowest BCUT2D eigenvalue weighted by Crippen LogP contribution is -2.46. The van der Waals surface area contributed by atoms with Gasteiger partial charge in [0.1, 0.15) is 11.7 Å². The van der Waals surface area contributed by atoms with Crippen LogP contribution in [-0.4, -0.2) is 47.7 Å². The zero-order valence-electron chi connectivity index (χ0n) is 11.4. The Morgan fingerprint density at radius 1 is 1.48 bits per heavy atom. The van der Waals surface area contributed by atoms with E-state index in [1.807, 2.05) is 0 Å². The summed E-state index contributed by atoms with van der Waals surface area (Å²) in [5.74, 6) is -3.12. The number of ether oxygens (including phenoxy) is 1. The fraction of sp³-hybridized carbons (Fsp3) is 0.429. The summed E-state index contributed by atoms with van der Waals surface area (Å²) in [6.07, 6.45) is 0. The molecule has 1 aliphatic heterocycles. The zero-order valence-corrected chi connectivity index (χ0v) is 12.1. The number of aliphatic carboxylic acids is 1. The number of nitrogens with zero attached hydrogens (tertiary/aromatic N) is 1. The van der Waals surface area contributed by atoms with Crippen molar-refractivity contribution in [2.75, 3.05) is 19.8 Å². The van der Waals surface area contributed by atoms with Gasteiger partial charge in [0.15, 0.2) is 0 Å². The first kappa shape index (κ1) is 15.7. The van der Waals surface area contributed by atoms with Gasteiger partial charge in [0.25, 0.3) is 5.91 Å². The summed E-state index contributed by atoms with van der Waals surface area (Å²) < 4.78 is 19.0. The molecule has 5 nitrogen and oxygen atoms in total. The van der Waals surface area contributed by atoms with Crippen LogP contribution in [0, 0.1) is 11.7 Å². The Morgan fingerprint density at radius 3 is 2.76 bits per heavy atom. The second kappa shape index (κ2) is 6.41. The second-order valence-corrected chi connectivity index (χ2v) is 5.20. The molecule has 1 fully saturated rings. The molecule has 1 amide bonds. The van der Waals surface area contributed by atoms with Crippen LogP contribution in [0.2, 0.25) is 5.02 Å². The minimum Gasteiger partial charge on any atom is -0.481 e. The van der Waals surface area contributed by atoms with Crippen molar-refractivity contribution in [3.8, 4) is 0 Å².